The van der Waals surface area contributed by atoms with E-state index in [1.165, 1.54) is 0 Å². The summed E-state index contributed by atoms with van der Waals surface area (Å²) in [7, 11) is 0. The molecule has 0 atom stereocenters. The van der Waals surface area contributed by atoms with E-state index in [4.69, 9.17) is 9.47 Å². The molecule has 0 saturated carbocycles. The Morgan fingerprint density at radius 2 is 2.00 bits per heavy atom. The van der Waals surface area contributed by atoms with Gasteiger partial charge in [0.2, 0.25) is 5.88 Å². The van der Waals surface area contributed by atoms with Crippen LogP contribution >= 0.6 is 0 Å². The lowest BCUT2D eigenvalue weighted by atomic mass is 10.1. The van der Waals surface area contributed by atoms with Crippen LogP contribution in [0.15, 0.2) is 43.0 Å². The number of rotatable bonds is 6. The second-order valence-corrected chi connectivity index (χ2v) is 8.32. The minimum atomic E-state index is 0.106. The fourth-order valence-corrected chi connectivity index (χ4v) is 3.89. The van der Waals surface area contributed by atoms with Crippen molar-refractivity contribution >= 4 is 10.9 Å². The van der Waals surface area contributed by atoms with Gasteiger partial charge in [-0.3, -0.25) is 14.8 Å². The van der Waals surface area contributed by atoms with Crippen LogP contribution in [-0.4, -0.2) is 49.3 Å². The van der Waals surface area contributed by atoms with Gasteiger partial charge in [0.05, 0.1) is 36.0 Å². The summed E-state index contributed by atoms with van der Waals surface area (Å²) in [6.07, 6.45) is 9.29. The smallest absolute Gasteiger partial charge is 0.225 e. The molecular weight excluding hydrogens is 392 g/mol. The van der Waals surface area contributed by atoms with E-state index in [9.17, 15) is 0 Å². The number of aromatic nitrogens is 6. The van der Waals surface area contributed by atoms with Crippen molar-refractivity contribution in [3.63, 3.8) is 0 Å². The molecule has 1 N–H and O–H groups in total. The molecule has 0 amide bonds. The van der Waals surface area contributed by atoms with Gasteiger partial charge in [-0.2, -0.15) is 10.2 Å². The topological polar surface area (TPSA) is 90.7 Å². The Labute approximate surface area is 180 Å². The number of fused-ring (bicyclic) bond motifs is 1. The van der Waals surface area contributed by atoms with Gasteiger partial charge in [0.1, 0.15) is 11.8 Å². The number of nitrogens with one attached hydrogen (secondary N) is 1. The summed E-state index contributed by atoms with van der Waals surface area (Å²) < 4.78 is 13.7. The summed E-state index contributed by atoms with van der Waals surface area (Å²) in [6.45, 7) is 6.67. The second-order valence-electron chi connectivity index (χ2n) is 8.32. The number of hydrogen-bond acceptors (Lipinski definition) is 6. The highest BCUT2D eigenvalue weighted by molar-refractivity contribution is 5.96. The largest absolute Gasteiger partial charge is 0.474 e. The van der Waals surface area contributed by atoms with Crippen molar-refractivity contribution in [2.75, 3.05) is 13.2 Å². The predicted molar refractivity (Wildman–Crippen MR) is 118 cm³/mol. The molecule has 5 heterocycles. The van der Waals surface area contributed by atoms with Gasteiger partial charge in [0.25, 0.3) is 0 Å². The first kappa shape index (κ1) is 19.7. The zero-order valence-electron chi connectivity index (χ0n) is 17.8. The highest BCUT2D eigenvalue weighted by Gasteiger charge is 2.20. The lowest BCUT2D eigenvalue weighted by Gasteiger charge is -2.23. The molecule has 0 spiro atoms. The van der Waals surface area contributed by atoms with Crippen molar-refractivity contribution < 1.29 is 9.47 Å². The van der Waals surface area contributed by atoms with Crippen LogP contribution in [0.1, 0.15) is 26.7 Å². The molecule has 8 heteroatoms. The molecule has 1 aliphatic rings. The molecule has 0 aliphatic carbocycles. The van der Waals surface area contributed by atoms with Gasteiger partial charge >= 0.3 is 0 Å². The van der Waals surface area contributed by atoms with Crippen LogP contribution in [-0.2, 0) is 11.3 Å². The van der Waals surface area contributed by atoms with Crippen LogP contribution in [0.25, 0.3) is 33.4 Å². The highest BCUT2D eigenvalue weighted by Crippen LogP contribution is 2.34. The van der Waals surface area contributed by atoms with Crippen LogP contribution < -0.4 is 4.74 Å². The van der Waals surface area contributed by atoms with E-state index in [0.717, 1.165) is 66.0 Å². The Kier molecular flexibility index (Phi) is 5.38. The Morgan fingerprint density at radius 1 is 1.16 bits per heavy atom. The molecule has 0 unspecified atom stereocenters. The number of ether oxygens (including phenoxy) is 2. The standard InChI is InChI=1S/C23H26N6O2/c1-15(2)13-29-14-17(12-26-29)20-11-16(3-7-24-20)22-21-19(27-28-22)4-8-25-23(21)31-18-5-9-30-10-6-18/h3-4,7-8,11-12,14-15,18H,5-6,9-10,13H2,1-2H3,(H,27,28). The van der Waals surface area contributed by atoms with E-state index < -0.39 is 0 Å². The van der Waals surface area contributed by atoms with Gasteiger partial charge in [-0.25, -0.2) is 4.98 Å². The fourth-order valence-electron chi connectivity index (χ4n) is 3.89. The molecule has 0 aromatic carbocycles. The fraction of sp³-hybridized carbons (Fsp3) is 0.391. The second kappa shape index (κ2) is 8.47. The van der Waals surface area contributed by atoms with E-state index in [1.54, 1.807) is 12.4 Å². The first-order valence-corrected chi connectivity index (χ1v) is 10.7. The van der Waals surface area contributed by atoms with E-state index >= 15 is 0 Å². The maximum atomic E-state index is 6.26. The maximum Gasteiger partial charge on any atom is 0.225 e. The van der Waals surface area contributed by atoms with Crippen LogP contribution in [0.2, 0.25) is 0 Å². The zero-order chi connectivity index (χ0) is 21.2. The van der Waals surface area contributed by atoms with Gasteiger partial charge in [-0.1, -0.05) is 13.8 Å². The van der Waals surface area contributed by atoms with Crippen molar-refractivity contribution in [2.24, 2.45) is 5.92 Å². The molecule has 4 aromatic heterocycles. The van der Waals surface area contributed by atoms with Crippen molar-refractivity contribution in [3.05, 3.63) is 43.0 Å². The molecule has 1 aliphatic heterocycles. The molecule has 4 aromatic rings. The third-order valence-electron chi connectivity index (χ3n) is 5.40. The van der Waals surface area contributed by atoms with Gasteiger partial charge in [-0.15, -0.1) is 0 Å². The van der Waals surface area contributed by atoms with Crippen LogP contribution in [0.3, 0.4) is 0 Å². The van der Waals surface area contributed by atoms with E-state index in [0.29, 0.717) is 11.8 Å². The van der Waals surface area contributed by atoms with Crippen LogP contribution in [0.4, 0.5) is 0 Å². The predicted octanol–water partition coefficient (Wildman–Crippen LogP) is 4.10. The summed E-state index contributed by atoms with van der Waals surface area (Å²) in [6, 6.07) is 5.92. The van der Waals surface area contributed by atoms with Crippen LogP contribution in [0.5, 0.6) is 5.88 Å². The molecule has 5 rings (SSSR count). The molecule has 0 bridgehead atoms. The summed E-state index contributed by atoms with van der Waals surface area (Å²) in [5, 5.41) is 13.1. The van der Waals surface area contributed by atoms with E-state index in [-0.39, 0.29) is 6.10 Å². The monoisotopic (exact) mass is 418 g/mol. The molecule has 1 fully saturated rings. The number of nitrogens with zero attached hydrogens (tertiary/aromatic N) is 5. The SMILES string of the molecule is CC(C)Cn1cc(-c2cc(-c3n[nH]c4ccnc(OC5CCOCC5)c34)ccn2)cn1. The molecule has 8 nitrogen and oxygen atoms in total. The Bertz CT molecular complexity index is 1180. The number of H-pyrrole nitrogens is 1. The lowest BCUT2D eigenvalue weighted by Crippen LogP contribution is -2.26. The first-order chi connectivity index (χ1) is 15.2. The summed E-state index contributed by atoms with van der Waals surface area (Å²) in [5.74, 6) is 1.14. The molecule has 31 heavy (non-hydrogen) atoms. The number of hydrogen-bond donors (Lipinski definition) is 1. The highest BCUT2D eigenvalue weighted by atomic mass is 16.5. The number of pyridine rings is 2. The minimum absolute atomic E-state index is 0.106. The van der Waals surface area contributed by atoms with Gasteiger partial charge in [-0.05, 0) is 24.1 Å². The molecular formula is C23H26N6O2. The van der Waals surface area contributed by atoms with Crippen molar-refractivity contribution in [3.8, 4) is 28.4 Å². The van der Waals surface area contributed by atoms with Crippen molar-refractivity contribution in [1.29, 1.82) is 0 Å². The molecule has 1 saturated heterocycles. The lowest BCUT2D eigenvalue weighted by molar-refractivity contribution is 0.0244. The maximum absolute atomic E-state index is 6.26. The average molecular weight is 419 g/mol. The summed E-state index contributed by atoms with van der Waals surface area (Å²) in [5.41, 5.74) is 4.51. The molecule has 0 radical (unpaired) electrons. The zero-order valence-corrected chi connectivity index (χ0v) is 17.8. The Hall–Kier alpha value is -3.26. The van der Waals surface area contributed by atoms with E-state index in [1.807, 2.05) is 35.3 Å². The normalized spacial score (nSPS) is 15.1. The van der Waals surface area contributed by atoms with Crippen LogP contribution in [0, 0.1) is 5.92 Å². The third-order valence-corrected chi connectivity index (χ3v) is 5.40. The Balaban J connectivity index is 1.49. The summed E-state index contributed by atoms with van der Waals surface area (Å²) in [4.78, 5) is 9.07. The van der Waals surface area contributed by atoms with Gasteiger partial charge in [0, 0.05) is 49.1 Å². The quantitative estimate of drug-likeness (QED) is 0.507. The van der Waals surface area contributed by atoms with Crippen molar-refractivity contribution in [1.82, 2.24) is 29.9 Å². The Morgan fingerprint density at radius 3 is 2.84 bits per heavy atom. The first-order valence-electron chi connectivity index (χ1n) is 10.7. The minimum Gasteiger partial charge on any atom is -0.474 e. The van der Waals surface area contributed by atoms with Gasteiger partial charge in [0.15, 0.2) is 0 Å². The summed E-state index contributed by atoms with van der Waals surface area (Å²) >= 11 is 0. The molecule has 160 valence electrons. The van der Waals surface area contributed by atoms with Gasteiger partial charge < -0.3 is 9.47 Å². The third kappa shape index (κ3) is 4.16. The number of aromatic amines is 1. The van der Waals surface area contributed by atoms with E-state index in [2.05, 4.69) is 39.1 Å². The average Bonchev–Trinajstić information content (AvgIpc) is 3.42. The van der Waals surface area contributed by atoms with Crippen molar-refractivity contribution in [2.45, 2.75) is 39.3 Å².